The molecule has 19 heavy (non-hydrogen) atoms. The molecule has 0 radical (unpaired) electrons. The third-order valence-corrected chi connectivity index (χ3v) is 4.23. The minimum Gasteiger partial charge on any atom is -0.351 e. The highest BCUT2D eigenvalue weighted by molar-refractivity contribution is 6.30. The first kappa shape index (κ1) is 14.4. The van der Waals surface area contributed by atoms with Gasteiger partial charge in [0, 0.05) is 17.1 Å². The van der Waals surface area contributed by atoms with Crippen LogP contribution in [0.15, 0.2) is 24.3 Å². The van der Waals surface area contributed by atoms with Crippen molar-refractivity contribution in [2.75, 3.05) is 26.7 Å². The van der Waals surface area contributed by atoms with Crippen LogP contribution in [-0.2, 0) is 0 Å². The molecular formula is C15H21ClN2O. The van der Waals surface area contributed by atoms with Crippen LogP contribution in [0.5, 0.6) is 0 Å². The zero-order valence-electron chi connectivity index (χ0n) is 11.6. The van der Waals surface area contributed by atoms with E-state index in [0.29, 0.717) is 10.6 Å². The number of benzene rings is 1. The van der Waals surface area contributed by atoms with Crippen LogP contribution >= 0.6 is 11.6 Å². The molecule has 2 rings (SSSR count). The minimum absolute atomic E-state index is 0.0168. The maximum absolute atomic E-state index is 12.0. The molecule has 0 saturated carbocycles. The van der Waals surface area contributed by atoms with Crippen LogP contribution < -0.4 is 5.32 Å². The first-order chi connectivity index (χ1) is 8.98. The maximum atomic E-state index is 12.0. The molecular weight excluding hydrogens is 260 g/mol. The lowest BCUT2D eigenvalue weighted by molar-refractivity contribution is 0.0891. The van der Waals surface area contributed by atoms with Gasteiger partial charge in [-0.1, -0.05) is 18.5 Å². The first-order valence-electron chi connectivity index (χ1n) is 6.71. The van der Waals surface area contributed by atoms with Gasteiger partial charge in [-0.15, -0.1) is 0 Å². The summed E-state index contributed by atoms with van der Waals surface area (Å²) in [4.78, 5) is 14.4. The lowest BCUT2D eigenvalue weighted by Crippen LogP contribution is -2.43. The summed E-state index contributed by atoms with van der Waals surface area (Å²) in [5.74, 6) is -0.0168. The predicted molar refractivity (Wildman–Crippen MR) is 78.6 cm³/mol. The second-order valence-electron chi connectivity index (χ2n) is 5.80. The van der Waals surface area contributed by atoms with E-state index in [1.54, 1.807) is 24.3 Å². The number of hydrogen-bond acceptors (Lipinski definition) is 2. The Kier molecular flexibility index (Phi) is 4.48. The largest absolute Gasteiger partial charge is 0.351 e. The van der Waals surface area contributed by atoms with E-state index in [4.69, 9.17) is 11.6 Å². The molecule has 0 atom stereocenters. The Hall–Kier alpha value is -1.06. The van der Waals surface area contributed by atoms with Gasteiger partial charge < -0.3 is 10.2 Å². The van der Waals surface area contributed by atoms with Crippen molar-refractivity contribution in [3.63, 3.8) is 0 Å². The number of rotatable bonds is 3. The van der Waals surface area contributed by atoms with Gasteiger partial charge in [0.2, 0.25) is 0 Å². The third-order valence-electron chi connectivity index (χ3n) is 3.98. The van der Waals surface area contributed by atoms with Gasteiger partial charge in [-0.25, -0.2) is 0 Å². The number of likely N-dealkylation sites (tertiary alicyclic amines) is 1. The fourth-order valence-electron chi connectivity index (χ4n) is 2.33. The van der Waals surface area contributed by atoms with Crippen LogP contribution in [0.2, 0.25) is 5.02 Å². The molecule has 1 aromatic rings. The van der Waals surface area contributed by atoms with Gasteiger partial charge in [-0.2, -0.15) is 0 Å². The second-order valence-corrected chi connectivity index (χ2v) is 6.24. The summed E-state index contributed by atoms with van der Waals surface area (Å²) in [6.07, 6.45) is 2.26. The van der Waals surface area contributed by atoms with E-state index >= 15 is 0 Å². The van der Waals surface area contributed by atoms with E-state index < -0.39 is 0 Å². The van der Waals surface area contributed by atoms with Gasteiger partial charge >= 0.3 is 0 Å². The SMILES string of the molecule is CN1CCC(C)(CNC(=O)c2ccc(Cl)cc2)CC1. The van der Waals surface area contributed by atoms with Crippen LogP contribution in [0.3, 0.4) is 0 Å². The molecule has 1 aliphatic rings. The molecule has 1 aromatic carbocycles. The molecule has 1 fully saturated rings. The van der Waals surface area contributed by atoms with Crippen molar-refractivity contribution in [3.05, 3.63) is 34.9 Å². The van der Waals surface area contributed by atoms with Crippen LogP contribution in [0.1, 0.15) is 30.1 Å². The first-order valence-corrected chi connectivity index (χ1v) is 7.09. The van der Waals surface area contributed by atoms with Gasteiger partial charge in [0.15, 0.2) is 0 Å². The van der Waals surface area contributed by atoms with E-state index in [-0.39, 0.29) is 11.3 Å². The zero-order valence-corrected chi connectivity index (χ0v) is 12.3. The molecule has 0 spiro atoms. The monoisotopic (exact) mass is 280 g/mol. The number of carbonyl (C=O) groups is 1. The highest BCUT2D eigenvalue weighted by atomic mass is 35.5. The highest BCUT2D eigenvalue weighted by Crippen LogP contribution is 2.29. The van der Waals surface area contributed by atoms with Gasteiger partial charge in [0.25, 0.3) is 5.91 Å². The van der Waals surface area contributed by atoms with Gasteiger partial charge in [0.05, 0.1) is 0 Å². The van der Waals surface area contributed by atoms with Crippen LogP contribution in [-0.4, -0.2) is 37.5 Å². The quantitative estimate of drug-likeness (QED) is 0.923. The topological polar surface area (TPSA) is 32.3 Å². The number of hydrogen-bond donors (Lipinski definition) is 1. The van der Waals surface area contributed by atoms with Gasteiger partial charge in [0.1, 0.15) is 0 Å². The normalized spacial score (nSPS) is 19.1. The van der Waals surface area contributed by atoms with E-state index in [1.807, 2.05) is 0 Å². The zero-order chi connectivity index (χ0) is 13.9. The van der Waals surface area contributed by atoms with Crippen molar-refractivity contribution in [3.8, 4) is 0 Å². The van der Waals surface area contributed by atoms with E-state index in [2.05, 4.69) is 24.2 Å². The van der Waals surface area contributed by atoms with Crippen molar-refractivity contribution in [2.24, 2.45) is 5.41 Å². The summed E-state index contributed by atoms with van der Waals surface area (Å²) in [6.45, 7) is 5.20. The standard InChI is InChI=1S/C15H21ClN2O/c1-15(7-9-18(2)10-8-15)11-17-14(19)12-3-5-13(16)6-4-12/h3-6H,7-11H2,1-2H3,(H,17,19). The molecule has 1 N–H and O–H groups in total. The lowest BCUT2D eigenvalue weighted by atomic mass is 9.80. The summed E-state index contributed by atoms with van der Waals surface area (Å²) >= 11 is 5.81. The van der Waals surface area contributed by atoms with Crippen molar-refractivity contribution >= 4 is 17.5 Å². The average Bonchev–Trinajstić information content (AvgIpc) is 2.41. The maximum Gasteiger partial charge on any atom is 0.251 e. The molecule has 104 valence electrons. The van der Waals surface area contributed by atoms with Gasteiger partial charge in [-0.05, 0) is 62.7 Å². The molecule has 0 bridgehead atoms. The van der Waals surface area contributed by atoms with E-state index in [1.165, 1.54) is 0 Å². The number of amides is 1. The summed E-state index contributed by atoms with van der Waals surface area (Å²) in [6, 6.07) is 7.00. The number of nitrogens with one attached hydrogen (secondary N) is 1. The summed E-state index contributed by atoms with van der Waals surface area (Å²) < 4.78 is 0. The van der Waals surface area contributed by atoms with Crippen molar-refractivity contribution in [1.29, 1.82) is 0 Å². The van der Waals surface area contributed by atoms with Crippen molar-refractivity contribution < 1.29 is 4.79 Å². The van der Waals surface area contributed by atoms with E-state index in [0.717, 1.165) is 32.5 Å². The number of piperidine rings is 1. The van der Waals surface area contributed by atoms with Crippen LogP contribution in [0.25, 0.3) is 0 Å². The summed E-state index contributed by atoms with van der Waals surface area (Å²) in [5.41, 5.74) is 0.884. The molecule has 0 aromatic heterocycles. The highest BCUT2D eigenvalue weighted by Gasteiger charge is 2.29. The minimum atomic E-state index is -0.0168. The van der Waals surface area contributed by atoms with Crippen molar-refractivity contribution in [1.82, 2.24) is 10.2 Å². The van der Waals surface area contributed by atoms with Gasteiger partial charge in [-0.3, -0.25) is 4.79 Å². The Morgan fingerprint density at radius 3 is 2.47 bits per heavy atom. The average molecular weight is 281 g/mol. The number of halogens is 1. The molecule has 0 unspecified atom stereocenters. The molecule has 1 aliphatic heterocycles. The molecule has 0 aliphatic carbocycles. The molecule has 1 heterocycles. The second kappa shape index (κ2) is 5.93. The fraction of sp³-hybridized carbons (Fsp3) is 0.533. The number of carbonyl (C=O) groups excluding carboxylic acids is 1. The van der Waals surface area contributed by atoms with Crippen LogP contribution in [0.4, 0.5) is 0 Å². The molecule has 4 heteroatoms. The molecule has 1 saturated heterocycles. The summed E-state index contributed by atoms with van der Waals surface area (Å²) in [7, 11) is 2.14. The molecule has 1 amide bonds. The lowest BCUT2D eigenvalue weighted by Gasteiger charge is -2.37. The smallest absolute Gasteiger partial charge is 0.251 e. The predicted octanol–water partition coefficient (Wildman–Crippen LogP) is 2.80. The third kappa shape index (κ3) is 3.95. The summed E-state index contributed by atoms with van der Waals surface area (Å²) in [5, 5.41) is 3.69. The fourth-order valence-corrected chi connectivity index (χ4v) is 2.46. The van der Waals surface area contributed by atoms with E-state index in [9.17, 15) is 4.79 Å². The number of nitrogens with zero attached hydrogens (tertiary/aromatic N) is 1. The Morgan fingerprint density at radius 2 is 1.89 bits per heavy atom. The van der Waals surface area contributed by atoms with Crippen LogP contribution in [0, 0.1) is 5.41 Å². The Morgan fingerprint density at radius 1 is 1.32 bits per heavy atom. The molecule has 3 nitrogen and oxygen atoms in total. The van der Waals surface area contributed by atoms with Crippen molar-refractivity contribution in [2.45, 2.75) is 19.8 Å². The Labute approximate surface area is 119 Å². The Balaban J connectivity index is 1.88. The Bertz CT molecular complexity index is 436.